The Labute approximate surface area is 170 Å². The molecule has 0 saturated heterocycles. The highest BCUT2D eigenvalue weighted by Gasteiger charge is 2.64. The average molecular weight is 410 g/mol. The fourth-order valence-corrected chi connectivity index (χ4v) is 30.9. The van der Waals surface area contributed by atoms with Crippen molar-refractivity contribution in [2.75, 3.05) is 0 Å². The summed E-state index contributed by atoms with van der Waals surface area (Å²) in [6.45, 7) is 41.0. The quantitative estimate of drug-likeness (QED) is 0.401. The van der Waals surface area contributed by atoms with Crippen molar-refractivity contribution in [1.29, 1.82) is 0 Å². The molecule has 0 bridgehead atoms. The van der Waals surface area contributed by atoms with Gasteiger partial charge < -0.3 is 0 Å². The maximum atomic E-state index is 2.73. The molecule has 0 aromatic carbocycles. The fraction of sp³-hybridized carbons (Fsp3) is 0.913. The first-order valence-corrected chi connectivity index (χ1v) is 19.3. The van der Waals surface area contributed by atoms with Crippen molar-refractivity contribution >= 4 is 24.0 Å². The molecule has 0 amide bonds. The third-order valence-corrected chi connectivity index (χ3v) is 32.8. The van der Waals surface area contributed by atoms with Crippen molar-refractivity contribution in [3.8, 4) is 0 Å². The molecule has 1 atom stereocenters. The van der Waals surface area contributed by atoms with Gasteiger partial charge >= 0.3 is 0 Å². The molecule has 0 nitrogen and oxygen atoms in total. The molecule has 26 heavy (non-hydrogen) atoms. The topological polar surface area (TPSA) is 0 Å². The Balaban J connectivity index is 3.87. The Morgan fingerprint density at radius 3 is 1.23 bits per heavy atom. The van der Waals surface area contributed by atoms with E-state index in [1.165, 1.54) is 0 Å². The van der Waals surface area contributed by atoms with Gasteiger partial charge in [0, 0.05) is 7.59 Å². The van der Waals surface area contributed by atoms with Crippen LogP contribution in [0.3, 0.4) is 0 Å². The summed E-state index contributed by atoms with van der Waals surface area (Å²) in [5, 5.41) is 3.80. The van der Waals surface area contributed by atoms with Gasteiger partial charge in [-0.2, -0.15) is 0 Å². The van der Waals surface area contributed by atoms with E-state index >= 15 is 0 Å². The van der Waals surface area contributed by atoms with Crippen LogP contribution in [0.1, 0.15) is 83.1 Å². The van der Waals surface area contributed by atoms with Crippen LogP contribution in [0.25, 0.3) is 0 Å². The molecule has 0 spiro atoms. The second-order valence-corrected chi connectivity index (χ2v) is 32.1. The van der Waals surface area contributed by atoms with Crippen LogP contribution in [0.2, 0.25) is 41.4 Å². The van der Waals surface area contributed by atoms with Crippen molar-refractivity contribution in [2.45, 2.75) is 125 Å². The molecule has 1 rings (SSSR count). The SMILES string of the molecule is CC(C)(C)C1=C(C(C)(C)C)[Si]([Si](C)(C)C(C)(C)C)C1[Si](C)(C)C(C)(C)C. The predicted octanol–water partition coefficient (Wildman–Crippen LogP) is 8.43. The molecule has 1 heterocycles. The molecule has 1 radical (unpaired) electrons. The largest absolute Gasteiger partial charge is 0.0804 e. The second-order valence-electron chi connectivity index (χ2n) is 14.0. The summed E-state index contributed by atoms with van der Waals surface area (Å²) in [6, 6.07) is 0. The van der Waals surface area contributed by atoms with E-state index in [-0.39, 0.29) is 0 Å². The van der Waals surface area contributed by atoms with Crippen LogP contribution < -0.4 is 0 Å². The molecule has 0 N–H and O–H groups in total. The van der Waals surface area contributed by atoms with E-state index in [4.69, 9.17) is 0 Å². The molecule has 0 aromatic heterocycles. The Hall–Kier alpha value is 0.391. The summed E-state index contributed by atoms with van der Waals surface area (Å²) in [6.07, 6.45) is 0. The van der Waals surface area contributed by atoms with Crippen LogP contribution in [0.4, 0.5) is 0 Å². The molecule has 1 aliphatic heterocycles. The summed E-state index contributed by atoms with van der Waals surface area (Å²) < 4.78 is 0. The smallest absolute Gasteiger partial charge is 0.0777 e. The second kappa shape index (κ2) is 6.45. The minimum Gasteiger partial charge on any atom is -0.0804 e. The summed E-state index contributed by atoms with van der Waals surface area (Å²) in [7, 11) is -3.34. The van der Waals surface area contributed by atoms with Crippen LogP contribution in [-0.2, 0) is 0 Å². The highest BCUT2D eigenvalue weighted by Crippen LogP contribution is 2.65. The van der Waals surface area contributed by atoms with E-state index in [9.17, 15) is 0 Å². The van der Waals surface area contributed by atoms with Crippen molar-refractivity contribution in [2.24, 2.45) is 10.8 Å². The standard InChI is InChI=1S/C23H49Si3/c1-20(2,3)17-18(21(4,5)6)24(26(15,16)23(10,11)12)19(17)25(13,14)22(7,8)9/h19H,1-16H3. The van der Waals surface area contributed by atoms with E-state index in [1.807, 2.05) is 10.8 Å². The average Bonchev–Trinajstić information content (AvgIpc) is 2.17. The summed E-state index contributed by atoms with van der Waals surface area (Å²) in [5.41, 5.74) is 2.51. The lowest BCUT2D eigenvalue weighted by molar-refractivity contribution is 0.438. The number of hydrogen-bond donors (Lipinski definition) is 0. The molecule has 0 saturated carbocycles. The highest BCUT2D eigenvalue weighted by atomic mass is 29.2. The van der Waals surface area contributed by atoms with Gasteiger partial charge in [0.1, 0.15) is 0 Å². The van der Waals surface area contributed by atoms with Crippen molar-refractivity contribution in [1.82, 2.24) is 0 Å². The number of allylic oxidation sites excluding steroid dienone is 2. The lowest BCUT2D eigenvalue weighted by Gasteiger charge is -2.64. The number of rotatable bonds is 2. The zero-order chi connectivity index (χ0) is 21.3. The summed E-state index contributed by atoms with van der Waals surface area (Å²) >= 11 is 0. The van der Waals surface area contributed by atoms with Crippen molar-refractivity contribution in [3.63, 3.8) is 0 Å². The first-order chi connectivity index (χ1) is 11.0. The van der Waals surface area contributed by atoms with Gasteiger partial charge in [-0.15, -0.1) is 0 Å². The van der Waals surface area contributed by atoms with E-state index in [1.54, 1.807) is 0 Å². The third kappa shape index (κ3) is 3.91. The Morgan fingerprint density at radius 1 is 0.615 bits per heavy atom. The van der Waals surface area contributed by atoms with Gasteiger partial charge in [-0.1, -0.05) is 120 Å². The van der Waals surface area contributed by atoms with Gasteiger partial charge in [0.05, 0.1) is 16.4 Å². The van der Waals surface area contributed by atoms with Gasteiger partial charge in [0.2, 0.25) is 0 Å². The molecule has 3 heteroatoms. The maximum Gasteiger partial charge on any atom is 0.0777 e. The first-order valence-electron chi connectivity index (χ1n) is 10.6. The number of hydrogen-bond acceptors (Lipinski definition) is 0. The lowest BCUT2D eigenvalue weighted by Crippen LogP contribution is -2.69. The van der Waals surface area contributed by atoms with Crippen LogP contribution in [0.15, 0.2) is 10.8 Å². The van der Waals surface area contributed by atoms with Gasteiger partial charge in [-0.05, 0) is 26.1 Å². The Bertz CT molecular complexity index is 515. The van der Waals surface area contributed by atoms with Crippen LogP contribution >= 0.6 is 0 Å². The van der Waals surface area contributed by atoms with Crippen molar-refractivity contribution < 1.29 is 0 Å². The van der Waals surface area contributed by atoms with Crippen LogP contribution in [-0.4, -0.2) is 24.0 Å². The Morgan fingerprint density at radius 2 is 1.00 bits per heavy atom. The molecule has 1 aliphatic rings. The van der Waals surface area contributed by atoms with E-state index < -0.39 is 24.0 Å². The van der Waals surface area contributed by atoms with Gasteiger partial charge in [-0.25, -0.2) is 0 Å². The Kier molecular flexibility index (Phi) is 6.06. The van der Waals surface area contributed by atoms with Gasteiger partial charge in [0.25, 0.3) is 0 Å². The minimum atomic E-state index is -1.44. The van der Waals surface area contributed by atoms with Gasteiger partial charge in [-0.3, -0.25) is 0 Å². The zero-order valence-corrected chi connectivity index (χ0v) is 24.1. The zero-order valence-electron chi connectivity index (χ0n) is 21.1. The monoisotopic (exact) mass is 409 g/mol. The molecule has 0 aromatic rings. The van der Waals surface area contributed by atoms with E-state index in [0.717, 1.165) is 5.16 Å². The molecule has 0 aliphatic carbocycles. The predicted molar refractivity (Wildman–Crippen MR) is 130 cm³/mol. The molecular weight excluding hydrogens is 361 g/mol. The van der Waals surface area contributed by atoms with E-state index in [0.29, 0.717) is 20.9 Å². The maximum absolute atomic E-state index is 2.73. The van der Waals surface area contributed by atoms with Crippen LogP contribution in [0, 0.1) is 10.8 Å². The first kappa shape index (κ1) is 24.4. The third-order valence-electron chi connectivity index (χ3n) is 7.88. The van der Waals surface area contributed by atoms with E-state index in [2.05, 4.69) is 109 Å². The molecule has 0 fully saturated rings. The minimum absolute atomic E-state index is 0.305. The van der Waals surface area contributed by atoms with Crippen molar-refractivity contribution in [3.05, 3.63) is 10.8 Å². The highest BCUT2D eigenvalue weighted by molar-refractivity contribution is 7.40. The van der Waals surface area contributed by atoms with Gasteiger partial charge in [0.15, 0.2) is 0 Å². The summed E-state index contributed by atoms with van der Waals surface area (Å²) in [5.74, 6) is 0. The molecular formula is C23H49Si3. The lowest BCUT2D eigenvalue weighted by atomic mass is 9.80. The molecule has 153 valence electrons. The molecule has 1 unspecified atom stereocenters. The fourth-order valence-electron chi connectivity index (χ4n) is 4.35. The van der Waals surface area contributed by atoms with Crippen LogP contribution in [0.5, 0.6) is 0 Å². The normalized spacial score (nSPS) is 21.9. The summed E-state index contributed by atoms with van der Waals surface area (Å²) in [4.78, 5) is 0.